The van der Waals surface area contributed by atoms with Crippen molar-refractivity contribution in [2.45, 2.75) is 6.92 Å². The zero-order chi connectivity index (χ0) is 20.2. The lowest BCUT2D eigenvalue weighted by molar-refractivity contribution is 0.00928. The summed E-state index contributed by atoms with van der Waals surface area (Å²) >= 11 is 6.04. The molecule has 0 unspecified atom stereocenters. The third-order valence-electron chi connectivity index (χ3n) is 5.93. The molecule has 3 aliphatic heterocycles. The van der Waals surface area contributed by atoms with Gasteiger partial charge in [-0.1, -0.05) is 11.6 Å². The molecule has 2 aromatic rings. The fourth-order valence-electron chi connectivity index (χ4n) is 4.42. The maximum Gasteiger partial charge on any atom is 0.324 e. The molecule has 2 fully saturated rings. The molecule has 2 amide bonds. The molecule has 0 radical (unpaired) electrons. The molecule has 0 saturated carbocycles. The zero-order valence-corrected chi connectivity index (χ0v) is 16.8. The number of ether oxygens (including phenoxy) is 1. The monoisotopic (exact) mass is 409 g/mol. The molecule has 0 bridgehead atoms. The Balaban J connectivity index is 1.22. The topological polar surface area (TPSA) is 72.7 Å². The molecule has 148 valence electrons. The Kier molecular flexibility index (Phi) is 4.07. The van der Waals surface area contributed by atoms with Gasteiger partial charge in [0.1, 0.15) is 24.2 Å². The van der Waals surface area contributed by atoms with Crippen LogP contribution in [0.15, 0.2) is 30.5 Å². The van der Waals surface area contributed by atoms with Crippen molar-refractivity contribution >= 4 is 29.1 Å². The van der Waals surface area contributed by atoms with E-state index >= 15 is 0 Å². The van der Waals surface area contributed by atoms with Gasteiger partial charge in [-0.15, -0.1) is 0 Å². The standard InChI is InChI=1S/C21H20ClN5O2/c1-14-6-19(24-9-15(14)8-23)25-10-21(11-25)12-26(13-21)20(28)27-4-5-29-18-7-16(22)2-3-17(18)27/h2-3,6-7,9H,4-5,10-13H2,1H3. The number of nitrogens with zero attached hydrogens (tertiary/aromatic N) is 5. The second-order valence-electron chi connectivity index (χ2n) is 8.08. The Morgan fingerprint density at radius 2 is 2.07 bits per heavy atom. The molecule has 0 atom stereocenters. The highest BCUT2D eigenvalue weighted by Gasteiger charge is 2.54. The van der Waals surface area contributed by atoms with Gasteiger partial charge in [-0.25, -0.2) is 9.78 Å². The van der Waals surface area contributed by atoms with E-state index in [4.69, 9.17) is 21.6 Å². The number of aryl methyl sites for hydroxylation is 1. The van der Waals surface area contributed by atoms with Gasteiger partial charge in [-0.3, -0.25) is 4.90 Å². The van der Waals surface area contributed by atoms with Crippen LogP contribution in [0.25, 0.3) is 0 Å². The number of fused-ring (bicyclic) bond motifs is 1. The van der Waals surface area contributed by atoms with Crippen LogP contribution in [0.3, 0.4) is 0 Å². The highest BCUT2D eigenvalue weighted by molar-refractivity contribution is 6.30. The number of anilines is 2. The van der Waals surface area contributed by atoms with Crippen LogP contribution in [0.5, 0.6) is 5.75 Å². The molecule has 8 heteroatoms. The number of rotatable bonds is 1. The molecule has 7 nitrogen and oxygen atoms in total. The van der Waals surface area contributed by atoms with E-state index in [0.717, 1.165) is 43.2 Å². The molecule has 0 aliphatic carbocycles. The number of hydrogen-bond donors (Lipinski definition) is 0. The number of hydrogen-bond acceptors (Lipinski definition) is 5. The molecule has 1 aromatic heterocycles. The number of aromatic nitrogens is 1. The van der Waals surface area contributed by atoms with Gasteiger partial charge in [0.25, 0.3) is 0 Å². The Hall–Kier alpha value is -2.98. The SMILES string of the molecule is Cc1cc(N2CC3(CN(C(=O)N4CCOc5cc(Cl)ccc54)C3)C2)ncc1C#N. The number of nitriles is 1. The minimum Gasteiger partial charge on any atom is -0.489 e. The molecule has 2 saturated heterocycles. The van der Waals surface area contributed by atoms with E-state index in [-0.39, 0.29) is 11.4 Å². The van der Waals surface area contributed by atoms with Gasteiger partial charge in [-0.2, -0.15) is 5.26 Å². The molecular weight excluding hydrogens is 390 g/mol. The summed E-state index contributed by atoms with van der Waals surface area (Å²) in [4.78, 5) is 23.3. The normalized spacial score (nSPS) is 19.0. The fourth-order valence-corrected chi connectivity index (χ4v) is 4.58. The maximum atomic E-state index is 13.0. The summed E-state index contributed by atoms with van der Waals surface area (Å²) < 4.78 is 5.65. The summed E-state index contributed by atoms with van der Waals surface area (Å²) in [6.45, 7) is 6.19. The van der Waals surface area contributed by atoms with E-state index in [2.05, 4.69) is 16.0 Å². The van der Waals surface area contributed by atoms with E-state index in [1.807, 2.05) is 24.0 Å². The van der Waals surface area contributed by atoms with Crippen LogP contribution >= 0.6 is 11.6 Å². The Morgan fingerprint density at radius 1 is 1.28 bits per heavy atom. The average Bonchev–Trinajstić information content (AvgIpc) is 2.65. The lowest BCUT2D eigenvalue weighted by Gasteiger charge is -2.60. The van der Waals surface area contributed by atoms with E-state index in [9.17, 15) is 4.79 Å². The highest BCUT2D eigenvalue weighted by atomic mass is 35.5. The second-order valence-corrected chi connectivity index (χ2v) is 8.51. The lowest BCUT2D eigenvalue weighted by atomic mass is 9.73. The Labute approximate surface area is 174 Å². The summed E-state index contributed by atoms with van der Waals surface area (Å²) in [6, 6.07) is 9.51. The Morgan fingerprint density at radius 3 is 2.79 bits per heavy atom. The third kappa shape index (κ3) is 2.95. The molecule has 3 aliphatic rings. The van der Waals surface area contributed by atoms with Crippen molar-refractivity contribution in [2.24, 2.45) is 5.41 Å². The molecule has 4 heterocycles. The first-order valence-electron chi connectivity index (χ1n) is 9.59. The van der Waals surface area contributed by atoms with Crippen LogP contribution in [0, 0.1) is 23.7 Å². The van der Waals surface area contributed by atoms with Gasteiger partial charge in [-0.05, 0) is 30.7 Å². The number of halogens is 1. The first kappa shape index (κ1) is 18.1. The quantitative estimate of drug-likeness (QED) is 0.723. The van der Waals surface area contributed by atoms with Crippen LogP contribution < -0.4 is 14.5 Å². The number of carbonyl (C=O) groups excluding carboxylic acids is 1. The fraction of sp³-hybridized carbons (Fsp3) is 0.381. The predicted molar refractivity (Wildman–Crippen MR) is 110 cm³/mol. The molecule has 1 aromatic carbocycles. The van der Waals surface area contributed by atoms with Gasteiger partial charge < -0.3 is 14.5 Å². The van der Waals surface area contributed by atoms with E-state index < -0.39 is 0 Å². The molecule has 1 spiro atoms. The first-order valence-corrected chi connectivity index (χ1v) is 9.96. The summed E-state index contributed by atoms with van der Waals surface area (Å²) in [5, 5.41) is 9.65. The van der Waals surface area contributed by atoms with Crippen molar-refractivity contribution in [3.63, 3.8) is 0 Å². The van der Waals surface area contributed by atoms with Crippen molar-refractivity contribution in [2.75, 3.05) is 49.1 Å². The van der Waals surface area contributed by atoms with Crippen LogP contribution in [0.2, 0.25) is 5.02 Å². The first-order chi connectivity index (χ1) is 14.0. The third-order valence-corrected chi connectivity index (χ3v) is 6.17. The number of benzene rings is 1. The van der Waals surface area contributed by atoms with Crippen molar-refractivity contribution < 1.29 is 9.53 Å². The van der Waals surface area contributed by atoms with E-state index in [0.29, 0.717) is 29.5 Å². The summed E-state index contributed by atoms with van der Waals surface area (Å²) in [5.74, 6) is 1.56. The van der Waals surface area contributed by atoms with Crippen molar-refractivity contribution in [1.29, 1.82) is 5.26 Å². The van der Waals surface area contributed by atoms with Crippen LogP contribution in [-0.4, -0.2) is 55.2 Å². The minimum atomic E-state index is 0.0216. The molecule has 0 N–H and O–H groups in total. The second kappa shape index (κ2) is 6.53. The maximum absolute atomic E-state index is 13.0. The summed E-state index contributed by atoms with van der Waals surface area (Å²) in [7, 11) is 0. The van der Waals surface area contributed by atoms with E-state index in [1.54, 1.807) is 23.2 Å². The highest BCUT2D eigenvalue weighted by Crippen LogP contribution is 2.43. The largest absolute Gasteiger partial charge is 0.489 e. The number of likely N-dealkylation sites (tertiary alicyclic amines) is 1. The van der Waals surface area contributed by atoms with Gasteiger partial charge in [0.15, 0.2) is 0 Å². The van der Waals surface area contributed by atoms with Gasteiger partial charge in [0, 0.05) is 48.9 Å². The molecule has 5 rings (SSSR count). The summed E-state index contributed by atoms with van der Waals surface area (Å²) in [6.07, 6.45) is 1.63. The van der Waals surface area contributed by atoms with Crippen LogP contribution in [-0.2, 0) is 0 Å². The van der Waals surface area contributed by atoms with Crippen molar-refractivity contribution in [1.82, 2.24) is 9.88 Å². The minimum absolute atomic E-state index is 0.0216. The van der Waals surface area contributed by atoms with Gasteiger partial charge in [0.2, 0.25) is 0 Å². The number of carbonyl (C=O) groups is 1. The van der Waals surface area contributed by atoms with Crippen molar-refractivity contribution in [3.05, 3.63) is 46.6 Å². The molecular formula is C21H20ClN5O2. The van der Waals surface area contributed by atoms with Crippen LogP contribution in [0.4, 0.5) is 16.3 Å². The predicted octanol–water partition coefficient (Wildman–Crippen LogP) is 3.06. The zero-order valence-electron chi connectivity index (χ0n) is 16.1. The van der Waals surface area contributed by atoms with E-state index in [1.165, 1.54) is 0 Å². The smallest absolute Gasteiger partial charge is 0.324 e. The van der Waals surface area contributed by atoms with Gasteiger partial charge >= 0.3 is 6.03 Å². The molecule has 29 heavy (non-hydrogen) atoms. The number of pyridine rings is 1. The van der Waals surface area contributed by atoms with Gasteiger partial charge in [0.05, 0.1) is 17.8 Å². The lowest BCUT2D eigenvalue weighted by Crippen LogP contribution is -2.74. The number of urea groups is 1. The van der Waals surface area contributed by atoms with Crippen LogP contribution in [0.1, 0.15) is 11.1 Å². The Bertz CT molecular complexity index is 1040. The summed E-state index contributed by atoms with van der Waals surface area (Å²) in [5.41, 5.74) is 2.47. The van der Waals surface area contributed by atoms with Crippen molar-refractivity contribution in [3.8, 4) is 11.8 Å². The average molecular weight is 410 g/mol. The number of amides is 2.